The van der Waals surface area contributed by atoms with Gasteiger partial charge in [-0.1, -0.05) is 12.1 Å². The fraction of sp³-hybridized carbons (Fsp3) is 0.462. The largest absolute Gasteiger partial charge is 0.394 e. The number of benzene rings is 1. The number of nitro groups is 1. The Morgan fingerprint density at radius 2 is 2.05 bits per heavy atom. The Morgan fingerprint density at radius 1 is 1.40 bits per heavy atom. The minimum Gasteiger partial charge on any atom is -0.394 e. The number of hydrogen-bond acceptors (Lipinski definition) is 4. The molecule has 1 unspecified atom stereocenters. The molecule has 0 bridgehead atoms. The predicted octanol–water partition coefficient (Wildman–Crippen LogP) is 1.64. The molecule has 1 aromatic rings. The van der Waals surface area contributed by atoms with Crippen molar-refractivity contribution in [1.82, 2.24) is 10.6 Å². The average molecular weight is 281 g/mol. The summed E-state index contributed by atoms with van der Waals surface area (Å²) >= 11 is 0. The normalized spacial score (nSPS) is 13.4. The second kappa shape index (κ2) is 6.85. The van der Waals surface area contributed by atoms with E-state index in [0.29, 0.717) is 11.1 Å². The smallest absolute Gasteiger partial charge is 0.315 e. The lowest BCUT2D eigenvalue weighted by Gasteiger charge is -2.17. The number of carbonyl (C=O) groups excluding carboxylic acids is 1. The third-order valence-electron chi connectivity index (χ3n) is 2.93. The molecular weight excluding hydrogens is 262 g/mol. The molecule has 0 spiro atoms. The van der Waals surface area contributed by atoms with Gasteiger partial charge in [0.1, 0.15) is 0 Å². The van der Waals surface area contributed by atoms with Crippen molar-refractivity contribution in [2.45, 2.75) is 32.9 Å². The highest BCUT2D eigenvalue weighted by atomic mass is 16.6. The van der Waals surface area contributed by atoms with Gasteiger partial charge in [0, 0.05) is 11.6 Å². The van der Waals surface area contributed by atoms with E-state index in [1.165, 1.54) is 6.07 Å². The molecule has 7 heteroatoms. The molecule has 2 amide bonds. The van der Waals surface area contributed by atoms with Crippen LogP contribution in [0.3, 0.4) is 0 Å². The van der Waals surface area contributed by atoms with Gasteiger partial charge in [0.25, 0.3) is 5.69 Å². The third kappa shape index (κ3) is 4.20. The maximum absolute atomic E-state index is 11.6. The Morgan fingerprint density at radius 3 is 2.60 bits per heavy atom. The Balaban J connectivity index is 2.77. The van der Waals surface area contributed by atoms with E-state index in [1.54, 1.807) is 32.9 Å². The highest BCUT2D eigenvalue weighted by Crippen LogP contribution is 2.23. The average Bonchev–Trinajstić information content (AvgIpc) is 2.38. The standard InChI is InChI=1S/C13H19N3O4/c1-8-4-5-11(6-12(8)16(19)20)10(3)15-13(18)14-9(2)7-17/h4-6,9-10,17H,7H2,1-3H3,(H2,14,15,18)/t9-,10?/m0/s1. The summed E-state index contributed by atoms with van der Waals surface area (Å²) in [6.45, 7) is 4.91. The summed E-state index contributed by atoms with van der Waals surface area (Å²) in [6, 6.07) is 3.69. The molecule has 2 atom stereocenters. The number of aliphatic hydroxyl groups is 1. The van der Waals surface area contributed by atoms with Crippen LogP contribution in [-0.4, -0.2) is 28.7 Å². The molecule has 3 N–H and O–H groups in total. The van der Waals surface area contributed by atoms with Crippen LogP contribution in [0.4, 0.5) is 10.5 Å². The van der Waals surface area contributed by atoms with E-state index in [2.05, 4.69) is 10.6 Å². The number of rotatable bonds is 5. The van der Waals surface area contributed by atoms with E-state index >= 15 is 0 Å². The highest BCUT2D eigenvalue weighted by molar-refractivity contribution is 5.74. The number of amides is 2. The molecule has 1 aromatic carbocycles. The minimum absolute atomic E-state index is 0.0280. The fourth-order valence-corrected chi connectivity index (χ4v) is 1.68. The van der Waals surface area contributed by atoms with Gasteiger partial charge in [-0.2, -0.15) is 0 Å². The SMILES string of the molecule is Cc1ccc(C(C)NC(=O)N[C@@H](C)CO)cc1[N+](=O)[O-]. The minimum atomic E-state index is -0.445. The number of hydrogen-bond donors (Lipinski definition) is 3. The van der Waals surface area contributed by atoms with E-state index < -0.39 is 11.0 Å². The van der Waals surface area contributed by atoms with Crippen molar-refractivity contribution in [2.75, 3.05) is 6.61 Å². The zero-order valence-corrected chi connectivity index (χ0v) is 11.7. The Labute approximate surface area is 117 Å². The summed E-state index contributed by atoms with van der Waals surface area (Å²) in [5, 5.41) is 24.9. The first-order valence-corrected chi connectivity index (χ1v) is 6.28. The Kier molecular flexibility index (Phi) is 5.45. The van der Waals surface area contributed by atoms with E-state index in [-0.39, 0.29) is 24.4 Å². The summed E-state index contributed by atoms with van der Waals surface area (Å²) in [5.74, 6) is 0. The monoisotopic (exact) mass is 281 g/mol. The van der Waals surface area contributed by atoms with Crippen molar-refractivity contribution in [2.24, 2.45) is 0 Å². The lowest BCUT2D eigenvalue weighted by atomic mass is 10.0. The molecule has 0 aliphatic heterocycles. The quantitative estimate of drug-likeness (QED) is 0.563. The predicted molar refractivity (Wildman–Crippen MR) is 74.5 cm³/mol. The van der Waals surface area contributed by atoms with Gasteiger partial charge in [-0.3, -0.25) is 10.1 Å². The Hall–Kier alpha value is -2.15. The van der Waals surface area contributed by atoms with E-state index in [1.807, 2.05) is 0 Å². The number of aliphatic hydroxyl groups excluding tert-OH is 1. The number of nitro benzene ring substituents is 1. The van der Waals surface area contributed by atoms with E-state index in [4.69, 9.17) is 5.11 Å². The van der Waals surface area contributed by atoms with E-state index in [0.717, 1.165) is 0 Å². The van der Waals surface area contributed by atoms with Gasteiger partial charge in [0.15, 0.2) is 0 Å². The number of carbonyl (C=O) groups is 1. The molecular formula is C13H19N3O4. The van der Waals surface area contributed by atoms with E-state index in [9.17, 15) is 14.9 Å². The summed E-state index contributed by atoms with van der Waals surface area (Å²) in [4.78, 5) is 22.1. The summed E-state index contributed by atoms with van der Waals surface area (Å²) < 4.78 is 0. The zero-order chi connectivity index (χ0) is 15.3. The topological polar surface area (TPSA) is 104 Å². The molecule has 0 aliphatic carbocycles. The first-order valence-electron chi connectivity index (χ1n) is 6.28. The van der Waals surface area contributed by atoms with Crippen molar-refractivity contribution in [3.63, 3.8) is 0 Å². The molecule has 0 fully saturated rings. The van der Waals surface area contributed by atoms with Crippen LogP contribution in [0.2, 0.25) is 0 Å². The van der Waals surface area contributed by atoms with Crippen LogP contribution < -0.4 is 10.6 Å². The van der Waals surface area contributed by atoms with Gasteiger partial charge in [0.2, 0.25) is 0 Å². The third-order valence-corrected chi connectivity index (χ3v) is 2.93. The Bertz CT molecular complexity index is 504. The van der Waals surface area contributed by atoms with Gasteiger partial charge in [-0.05, 0) is 26.3 Å². The first-order chi connectivity index (χ1) is 9.35. The molecule has 0 aromatic heterocycles. The zero-order valence-electron chi connectivity index (χ0n) is 11.7. The maximum atomic E-state index is 11.6. The van der Waals surface area contributed by atoms with Crippen LogP contribution in [0.1, 0.15) is 31.0 Å². The number of nitrogens with zero attached hydrogens (tertiary/aromatic N) is 1. The van der Waals surface area contributed by atoms with Crippen LogP contribution >= 0.6 is 0 Å². The number of aryl methyl sites for hydroxylation is 1. The van der Waals surface area contributed by atoms with Crippen LogP contribution in [0.5, 0.6) is 0 Å². The molecule has 0 radical (unpaired) electrons. The highest BCUT2D eigenvalue weighted by Gasteiger charge is 2.16. The summed E-state index contributed by atoms with van der Waals surface area (Å²) in [7, 11) is 0. The van der Waals surface area contributed by atoms with Gasteiger partial charge in [-0.25, -0.2) is 4.79 Å². The van der Waals surface area contributed by atoms with Crippen LogP contribution in [-0.2, 0) is 0 Å². The number of urea groups is 1. The molecule has 0 heterocycles. The lowest BCUT2D eigenvalue weighted by Crippen LogP contribution is -2.43. The molecule has 0 saturated heterocycles. The molecule has 0 saturated carbocycles. The second-order valence-electron chi connectivity index (χ2n) is 4.73. The molecule has 7 nitrogen and oxygen atoms in total. The van der Waals surface area contributed by atoms with Crippen LogP contribution in [0, 0.1) is 17.0 Å². The first kappa shape index (κ1) is 15.9. The van der Waals surface area contributed by atoms with Crippen molar-refractivity contribution < 1.29 is 14.8 Å². The van der Waals surface area contributed by atoms with Crippen LogP contribution in [0.25, 0.3) is 0 Å². The molecule has 1 rings (SSSR count). The maximum Gasteiger partial charge on any atom is 0.315 e. The van der Waals surface area contributed by atoms with Gasteiger partial charge < -0.3 is 15.7 Å². The fourth-order valence-electron chi connectivity index (χ4n) is 1.68. The second-order valence-corrected chi connectivity index (χ2v) is 4.73. The van der Waals surface area contributed by atoms with Gasteiger partial charge in [0.05, 0.1) is 23.6 Å². The number of nitrogens with one attached hydrogen (secondary N) is 2. The van der Waals surface area contributed by atoms with Crippen molar-refractivity contribution in [3.05, 3.63) is 39.4 Å². The van der Waals surface area contributed by atoms with Crippen molar-refractivity contribution in [1.29, 1.82) is 0 Å². The van der Waals surface area contributed by atoms with Crippen molar-refractivity contribution >= 4 is 11.7 Å². The molecule has 20 heavy (non-hydrogen) atoms. The summed E-state index contributed by atoms with van der Waals surface area (Å²) in [6.07, 6.45) is 0. The van der Waals surface area contributed by atoms with Crippen LogP contribution in [0.15, 0.2) is 18.2 Å². The molecule has 110 valence electrons. The lowest BCUT2D eigenvalue weighted by molar-refractivity contribution is -0.385. The van der Waals surface area contributed by atoms with Gasteiger partial charge in [-0.15, -0.1) is 0 Å². The summed E-state index contributed by atoms with van der Waals surface area (Å²) in [5.41, 5.74) is 1.25. The van der Waals surface area contributed by atoms with Gasteiger partial charge >= 0.3 is 6.03 Å². The van der Waals surface area contributed by atoms with Crippen molar-refractivity contribution in [3.8, 4) is 0 Å². The molecule has 0 aliphatic rings.